The number of ether oxygens (including phenoxy) is 1. The molecule has 25 heavy (non-hydrogen) atoms. The maximum Gasteiger partial charge on any atom is 0.325 e. The summed E-state index contributed by atoms with van der Waals surface area (Å²) in [7, 11) is 1.68. The molecule has 7 nitrogen and oxygen atoms in total. The largest absolute Gasteiger partial charge is 0.496 e. The Kier molecular flexibility index (Phi) is 4.96. The predicted octanol–water partition coefficient (Wildman–Crippen LogP) is 0.972. The number of nitrogens with zero attached hydrogens (tertiary/aromatic N) is 2. The van der Waals surface area contributed by atoms with Gasteiger partial charge < -0.3 is 15.4 Å². The van der Waals surface area contributed by atoms with Gasteiger partial charge in [-0.2, -0.15) is 0 Å². The SMILES string of the molecule is COc1ccccc1C1CNCCN1CCN1C(=O)NC(C)(C)C1=O. The Hall–Kier alpha value is -2.12. The minimum atomic E-state index is -0.817. The molecule has 1 atom stereocenters. The van der Waals surface area contributed by atoms with Gasteiger partial charge >= 0.3 is 6.03 Å². The van der Waals surface area contributed by atoms with Crippen LogP contribution < -0.4 is 15.4 Å². The van der Waals surface area contributed by atoms with Gasteiger partial charge in [0.25, 0.3) is 5.91 Å². The summed E-state index contributed by atoms with van der Waals surface area (Å²) < 4.78 is 5.50. The van der Waals surface area contributed by atoms with Crippen LogP contribution in [0.5, 0.6) is 5.75 Å². The molecule has 0 aliphatic carbocycles. The van der Waals surface area contributed by atoms with Crippen molar-refractivity contribution < 1.29 is 14.3 Å². The highest BCUT2D eigenvalue weighted by Crippen LogP contribution is 2.30. The van der Waals surface area contributed by atoms with Crippen LogP contribution in [-0.4, -0.2) is 67.1 Å². The molecular formula is C18H26N4O3. The quantitative estimate of drug-likeness (QED) is 0.778. The van der Waals surface area contributed by atoms with E-state index in [1.807, 2.05) is 18.2 Å². The van der Waals surface area contributed by atoms with Gasteiger partial charge in [0.1, 0.15) is 11.3 Å². The van der Waals surface area contributed by atoms with Crippen LogP contribution in [0.25, 0.3) is 0 Å². The molecule has 1 aromatic carbocycles. The third kappa shape index (κ3) is 3.48. The van der Waals surface area contributed by atoms with Gasteiger partial charge in [-0.05, 0) is 19.9 Å². The number of hydrogen-bond donors (Lipinski definition) is 2. The summed E-state index contributed by atoms with van der Waals surface area (Å²) in [6, 6.07) is 7.84. The van der Waals surface area contributed by atoms with Crippen LogP contribution in [0.1, 0.15) is 25.5 Å². The summed E-state index contributed by atoms with van der Waals surface area (Å²) in [4.78, 5) is 28.0. The van der Waals surface area contributed by atoms with Gasteiger partial charge in [0.2, 0.25) is 0 Å². The Morgan fingerprint density at radius 3 is 2.68 bits per heavy atom. The summed E-state index contributed by atoms with van der Waals surface area (Å²) in [5, 5.41) is 6.14. The lowest BCUT2D eigenvalue weighted by atomic mass is 10.0. The third-order valence-electron chi connectivity index (χ3n) is 4.91. The average Bonchev–Trinajstić information content (AvgIpc) is 2.81. The highest BCUT2D eigenvalue weighted by atomic mass is 16.5. The summed E-state index contributed by atoms with van der Waals surface area (Å²) in [6.45, 7) is 7.05. The molecule has 0 aromatic heterocycles. The Labute approximate surface area is 148 Å². The van der Waals surface area contributed by atoms with Crippen LogP contribution in [0.15, 0.2) is 24.3 Å². The number of piperazine rings is 1. The van der Waals surface area contributed by atoms with Crippen molar-refractivity contribution in [2.45, 2.75) is 25.4 Å². The molecule has 0 bridgehead atoms. The fourth-order valence-corrected chi connectivity index (χ4v) is 3.51. The van der Waals surface area contributed by atoms with Crippen LogP contribution in [-0.2, 0) is 4.79 Å². The van der Waals surface area contributed by atoms with Crippen LogP contribution >= 0.6 is 0 Å². The predicted molar refractivity (Wildman–Crippen MR) is 94.5 cm³/mol. The number of para-hydroxylation sites is 1. The molecule has 2 heterocycles. The molecular weight excluding hydrogens is 320 g/mol. The zero-order valence-electron chi connectivity index (χ0n) is 15.0. The smallest absolute Gasteiger partial charge is 0.325 e. The summed E-state index contributed by atoms with van der Waals surface area (Å²) in [6.07, 6.45) is 0. The van der Waals surface area contributed by atoms with Crippen molar-refractivity contribution in [1.82, 2.24) is 20.4 Å². The normalized spacial score (nSPS) is 23.6. The van der Waals surface area contributed by atoms with Crippen LogP contribution in [0.2, 0.25) is 0 Å². The van der Waals surface area contributed by atoms with E-state index < -0.39 is 5.54 Å². The highest BCUT2D eigenvalue weighted by molar-refractivity contribution is 6.06. The van der Waals surface area contributed by atoms with Crippen LogP contribution in [0, 0.1) is 0 Å². The molecule has 136 valence electrons. The number of urea groups is 1. The summed E-state index contributed by atoms with van der Waals surface area (Å²) >= 11 is 0. The molecule has 2 aliphatic rings. The van der Waals surface area contributed by atoms with Gasteiger partial charge in [-0.25, -0.2) is 4.79 Å². The molecule has 2 N–H and O–H groups in total. The van der Waals surface area contributed by atoms with Gasteiger partial charge in [-0.3, -0.25) is 14.6 Å². The summed E-state index contributed by atoms with van der Waals surface area (Å²) in [5.41, 5.74) is 0.303. The second kappa shape index (κ2) is 7.01. The van der Waals surface area contributed by atoms with Gasteiger partial charge in [0.15, 0.2) is 0 Å². The van der Waals surface area contributed by atoms with Crippen molar-refractivity contribution in [3.63, 3.8) is 0 Å². The lowest BCUT2D eigenvalue weighted by Gasteiger charge is -2.37. The monoisotopic (exact) mass is 346 g/mol. The van der Waals surface area contributed by atoms with E-state index in [4.69, 9.17) is 4.74 Å². The highest BCUT2D eigenvalue weighted by Gasteiger charge is 2.44. The number of carbonyl (C=O) groups is 2. The lowest BCUT2D eigenvalue weighted by Crippen LogP contribution is -2.49. The van der Waals surface area contributed by atoms with Crippen LogP contribution in [0.3, 0.4) is 0 Å². The Bertz CT molecular complexity index is 661. The second-order valence-corrected chi connectivity index (χ2v) is 7.01. The van der Waals surface area contributed by atoms with E-state index in [1.165, 1.54) is 4.90 Å². The first-order valence-electron chi connectivity index (χ1n) is 8.66. The molecule has 2 fully saturated rings. The molecule has 7 heteroatoms. The number of amides is 3. The first-order chi connectivity index (χ1) is 11.9. The van der Waals surface area contributed by atoms with E-state index in [-0.39, 0.29) is 18.0 Å². The lowest BCUT2D eigenvalue weighted by molar-refractivity contribution is -0.130. The minimum absolute atomic E-state index is 0.152. The molecule has 0 radical (unpaired) electrons. The second-order valence-electron chi connectivity index (χ2n) is 7.01. The average molecular weight is 346 g/mol. The van der Waals surface area contributed by atoms with Crippen molar-refractivity contribution in [1.29, 1.82) is 0 Å². The first-order valence-corrected chi connectivity index (χ1v) is 8.66. The Morgan fingerprint density at radius 2 is 2.00 bits per heavy atom. The molecule has 3 rings (SSSR count). The van der Waals surface area contributed by atoms with E-state index in [0.717, 1.165) is 30.9 Å². The fraction of sp³-hybridized carbons (Fsp3) is 0.556. The number of hydrogen-bond acceptors (Lipinski definition) is 5. The topological polar surface area (TPSA) is 73.9 Å². The van der Waals surface area contributed by atoms with Crippen molar-refractivity contribution >= 4 is 11.9 Å². The number of rotatable bonds is 5. The maximum atomic E-state index is 12.4. The zero-order chi connectivity index (χ0) is 18.0. The van der Waals surface area contributed by atoms with Gasteiger partial charge in [0.05, 0.1) is 13.2 Å². The maximum absolute atomic E-state index is 12.4. The first kappa shape index (κ1) is 17.7. The van der Waals surface area contributed by atoms with E-state index in [0.29, 0.717) is 13.1 Å². The molecule has 1 aromatic rings. The van der Waals surface area contributed by atoms with Gasteiger partial charge in [-0.15, -0.1) is 0 Å². The molecule has 1 unspecified atom stereocenters. The zero-order valence-corrected chi connectivity index (χ0v) is 15.0. The van der Waals surface area contributed by atoms with Crippen molar-refractivity contribution in [3.8, 4) is 5.75 Å². The number of benzene rings is 1. The Morgan fingerprint density at radius 1 is 1.24 bits per heavy atom. The third-order valence-corrected chi connectivity index (χ3v) is 4.91. The van der Waals surface area contributed by atoms with Gasteiger partial charge in [0, 0.05) is 38.3 Å². The molecule has 0 saturated carbocycles. The van der Waals surface area contributed by atoms with Crippen molar-refractivity contribution in [2.24, 2.45) is 0 Å². The standard InChI is InChI=1S/C18H26N4O3/c1-18(2)16(23)22(17(24)20-18)11-10-21-9-8-19-12-14(21)13-6-4-5-7-15(13)25-3/h4-7,14,19H,8-12H2,1-3H3,(H,20,24). The van der Waals surface area contributed by atoms with Crippen molar-refractivity contribution in [2.75, 3.05) is 39.8 Å². The van der Waals surface area contributed by atoms with E-state index >= 15 is 0 Å². The van der Waals surface area contributed by atoms with Crippen LogP contribution in [0.4, 0.5) is 4.79 Å². The molecule has 2 aliphatic heterocycles. The van der Waals surface area contributed by atoms with Gasteiger partial charge in [-0.1, -0.05) is 18.2 Å². The summed E-state index contributed by atoms with van der Waals surface area (Å²) in [5.74, 6) is 0.693. The number of methoxy groups -OCH3 is 1. The molecule has 0 spiro atoms. The minimum Gasteiger partial charge on any atom is -0.496 e. The number of carbonyl (C=O) groups excluding carboxylic acids is 2. The van der Waals surface area contributed by atoms with E-state index in [9.17, 15) is 9.59 Å². The number of nitrogens with one attached hydrogen (secondary N) is 2. The Balaban J connectivity index is 1.72. The van der Waals surface area contributed by atoms with E-state index in [2.05, 4.69) is 21.6 Å². The number of imide groups is 1. The molecule has 2 saturated heterocycles. The fourth-order valence-electron chi connectivity index (χ4n) is 3.51. The van der Waals surface area contributed by atoms with E-state index in [1.54, 1.807) is 21.0 Å². The molecule has 3 amide bonds. The van der Waals surface area contributed by atoms with Crippen molar-refractivity contribution in [3.05, 3.63) is 29.8 Å².